The van der Waals surface area contributed by atoms with Crippen LogP contribution >= 0.6 is 0 Å². The smallest absolute Gasteiger partial charge is 0.241 e. The molecular weight excluding hydrogens is 386 g/mol. The van der Waals surface area contributed by atoms with Gasteiger partial charge in [-0.2, -0.15) is 5.10 Å². The predicted octanol–water partition coefficient (Wildman–Crippen LogP) is 1.60. The van der Waals surface area contributed by atoms with Gasteiger partial charge in [0.15, 0.2) is 17.3 Å². The van der Waals surface area contributed by atoms with Gasteiger partial charge in [-0.3, -0.25) is 19.4 Å². The molecule has 1 atom stereocenters. The number of nitrogens with zero attached hydrogens (tertiary/aromatic N) is 6. The fourth-order valence-corrected chi connectivity index (χ4v) is 3.85. The summed E-state index contributed by atoms with van der Waals surface area (Å²) in [5, 5.41) is 7.05. The number of likely N-dealkylation sites (tertiary alicyclic amines) is 1. The van der Waals surface area contributed by atoms with E-state index in [0.29, 0.717) is 29.6 Å². The molecule has 5 rings (SSSR count). The third-order valence-corrected chi connectivity index (χ3v) is 5.35. The zero-order valence-electron chi connectivity index (χ0n) is 16.5. The molecule has 1 fully saturated rings. The zero-order chi connectivity index (χ0) is 20.5. The Labute approximate surface area is 172 Å². The number of pyridine rings is 1. The standard InChI is InChI=1S/C20H21N7O3/c1-26-15(4-7-24-26)19-22-9-13(10-23-19)25-20(28)16-3-2-8-27(16)11-14-18-17(5-6-21-14)29-12-30-18/h4-7,9-10,16H,2-3,8,11-12H2,1H3,(H,25,28)/t16-/m1/s1. The number of anilines is 1. The second-order valence-electron chi connectivity index (χ2n) is 7.24. The Hall–Kier alpha value is -3.53. The fraction of sp³-hybridized carbons (Fsp3) is 0.350. The topological polar surface area (TPSA) is 107 Å². The Balaban J connectivity index is 1.27. The van der Waals surface area contributed by atoms with Crippen molar-refractivity contribution in [2.45, 2.75) is 25.4 Å². The van der Waals surface area contributed by atoms with Gasteiger partial charge in [0.25, 0.3) is 0 Å². The van der Waals surface area contributed by atoms with Crippen LogP contribution in [0.15, 0.2) is 36.9 Å². The highest BCUT2D eigenvalue weighted by atomic mass is 16.7. The fourth-order valence-electron chi connectivity index (χ4n) is 3.85. The van der Waals surface area contributed by atoms with E-state index in [1.54, 1.807) is 35.5 Å². The summed E-state index contributed by atoms with van der Waals surface area (Å²) < 4.78 is 12.7. The normalized spacial score (nSPS) is 18.0. The van der Waals surface area contributed by atoms with Gasteiger partial charge >= 0.3 is 0 Å². The van der Waals surface area contributed by atoms with E-state index in [0.717, 1.165) is 30.8 Å². The Bertz CT molecular complexity index is 1070. The van der Waals surface area contributed by atoms with Gasteiger partial charge in [-0.1, -0.05) is 0 Å². The van der Waals surface area contributed by atoms with Gasteiger partial charge < -0.3 is 14.8 Å². The van der Waals surface area contributed by atoms with E-state index < -0.39 is 0 Å². The molecule has 0 saturated carbocycles. The first kappa shape index (κ1) is 18.5. The molecule has 1 N–H and O–H groups in total. The van der Waals surface area contributed by atoms with Crippen LogP contribution in [-0.2, 0) is 18.4 Å². The molecule has 3 aromatic heterocycles. The maximum absolute atomic E-state index is 12.9. The number of ether oxygens (including phenoxy) is 2. The maximum Gasteiger partial charge on any atom is 0.241 e. The quantitative estimate of drug-likeness (QED) is 0.680. The van der Waals surface area contributed by atoms with E-state index >= 15 is 0 Å². The van der Waals surface area contributed by atoms with Crippen LogP contribution in [0.5, 0.6) is 11.5 Å². The van der Waals surface area contributed by atoms with E-state index in [4.69, 9.17) is 9.47 Å². The van der Waals surface area contributed by atoms with Crippen molar-refractivity contribution in [1.29, 1.82) is 0 Å². The number of hydrogen-bond acceptors (Lipinski definition) is 8. The molecular formula is C20H21N7O3. The van der Waals surface area contributed by atoms with Gasteiger partial charge in [0, 0.05) is 32.1 Å². The van der Waals surface area contributed by atoms with E-state index in [-0.39, 0.29) is 18.7 Å². The summed E-state index contributed by atoms with van der Waals surface area (Å²) in [4.78, 5) is 28.2. The van der Waals surface area contributed by atoms with Crippen LogP contribution in [0.4, 0.5) is 5.69 Å². The monoisotopic (exact) mass is 407 g/mol. The number of fused-ring (bicyclic) bond motifs is 1. The van der Waals surface area contributed by atoms with Gasteiger partial charge in [-0.15, -0.1) is 0 Å². The van der Waals surface area contributed by atoms with Crippen LogP contribution in [0.3, 0.4) is 0 Å². The first-order chi connectivity index (χ1) is 14.7. The number of rotatable bonds is 5. The lowest BCUT2D eigenvalue weighted by molar-refractivity contribution is -0.120. The first-order valence-corrected chi connectivity index (χ1v) is 9.78. The molecule has 0 bridgehead atoms. The lowest BCUT2D eigenvalue weighted by Crippen LogP contribution is -2.39. The number of aryl methyl sites for hydroxylation is 1. The lowest BCUT2D eigenvalue weighted by atomic mass is 10.2. The van der Waals surface area contributed by atoms with E-state index in [9.17, 15) is 4.79 Å². The van der Waals surface area contributed by atoms with Crippen LogP contribution < -0.4 is 14.8 Å². The average Bonchev–Trinajstić information content (AvgIpc) is 3.49. The van der Waals surface area contributed by atoms with Gasteiger partial charge in [-0.25, -0.2) is 9.97 Å². The molecule has 10 nitrogen and oxygen atoms in total. The Morgan fingerprint density at radius 2 is 2.07 bits per heavy atom. The molecule has 2 aliphatic rings. The molecule has 0 unspecified atom stereocenters. The summed E-state index contributed by atoms with van der Waals surface area (Å²) >= 11 is 0. The van der Waals surface area contributed by atoms with Crippen LogP contribution in [0, 0.1) is 0 Å². The minimum atomic E-state index is -0.248. The molecule has 0 aliphatic carbocycles. The molecule has 0 spiro atoms. The van der Waals surface area contributed by atoms with Crippen molar-refractivity contribution in [2.75, 3.05) is 18.7 Å². The van der Waals surface area contributed by atoms with Crippen molar-refractivity contribution in [3.63, 3.8) is 0 Å². The van der Waals surface area contributed by atoms with Gasteiger partial charge in [0.2, 0.25) is 12.7 Å². The second kappa shape index (κ2) is 7.71. The largest absolute Gasteiger partial charge is 0.453 e. The highest BCUT2D eigenvalue weighted by Crippen LogP contribution is 2.35. The van der Waals surface area contributed by atoms with Crippen molar-refractivity contribution < 1.29 is 14.3 Å². The highest BCUT2D eigenvalue weighted by molar-refractivity contribution is 5.94. The molecule has 154 valence electrons. The van der Waals surface area contributed by atoms with Crippen LogP contribution in [-0.4, -0.2) is 54.9 Å². The van der Waals surface area contributed by atoms with Crippen molar-refractivity contribution in [3.05, 3.63) is 42.6 Å². The number of amides is 1. The Kier molecular flexibility index (Phi) is 4.75. The third kappa shape index (κ3) is 3.45. The second-order valence-corrected chi connectivity index (χ2v) is 7.24. The summed E-state index contributed by atoms with van der Waals surface area (Å²) in [7, 11) is 1.83. The lowest BCUT2D eigenvalue weighted by Gasteiger charge is -2.23. The zero-order valence-corrected chi connectivity index (χ0v) is 16.5. The molecule has 2 aliphatic heterocycles. The number of nitrogens with one attached hydrogen (secondary N) is 1. The molecule has 5 heterocycles. The molecule has 1 amide bonds. The third-order valence-electron chi connectivity index (χ3n) is 5.35. The van der Waals surface area contributed by atoms with E-state index in [2.05, 4.69) is 30.3 Å². The van der Waals surface area contributed by atoms with Gasteiger partial charge in [-0.05, 0) is 25.5 Å². The van der Waals surface area contributed by atoms with Gasteiger partial charge in [0.05, 0.1) is 24.1 Å². The van der Waals surface area contributed by atoms with Crippen LogP contribution in [0.25, 0.3) is 11.5 Å². The summed E-state index contributed by atoms with van der Waals surface area (Å²) in [5.41, 5.74) is 2.16. The molecule has 10 heteroatoms. The Morgan fingerprint density at radius 1 is 1.20 bits per heavy atom. The summed E-state index contributed by atoms with van der Waals surface area (Å²) in [5.74, 6) is 1.85. The minimum Gasteiger partial charge on any atom is -0.453 e. The number of carbonyl (C=O) groups excluding carboxylic acids is 1. The molecule has 0 radical (unpaired) electrons. The molecule has 30 heavy (non-hydrogen) atoms. The first-order valence-electron chi connectivity index (χ1n) is 9.78. The van der Waals surface area contributed by atoms with Crippen molar-refractivity contribution in [1.82, 2.24) is 29.6 Å². The van der Waals surface area contributed by atoms with Crippen LogP contribution in [0.2, 0.25) is 0 Å². The predicted molar refractivity (Wildman–Crippen MR) is 107 cm³/mol. The highest BCUT2D eigenvalue weighted by Gasteiger charge is 2.32. The summed E-state index contributed by atoms with van der Waals surface area (Å²) in [6.07, 6.45) is 8.35. The minimum absolute atomic E-state index is 0.0749. The van der Waals surface area contributed by atoms with Crippen LogP contribution in [0.1, 0.15) is 18.5 Å². The maximum atomic E-state index is 12.9. The Morgan fingerprint density at radius 3 is 2.87 bits per heavy atom. The van der Waals surface area contributed by atoms with Crippen molar-refractivity contribution in [2.24, 2.45) is 7.05 Å². The molecule has 0 aromatic carbocycles. The summed E-state index contributed by atoms with van der Waals surface area (Å²) in [6.45, 7) is 1.55. The van der Waals surface area contributed by atoms with Gasteiger partial charge in [0.1, 0.15) is 11.4 Å². The van der Waals surface area contributed by atoms with Crippen molar-refractivity contribution >= 4 is 11.6 Å². The summed E-state index contributed by atoms with van der Waals surface area (Å²) in [6, 6.07) is 3.38. The van der Waals surface area contributed by atoms with E-state index in [1.165, 1.54) is 0 Å². The number of hydrogen-bond donors (Lipinski definition) is 1. The number of aromatic nitrogens is 5. The van der Waals surface area contributed by atoms with Crippen molar-refractivity contribution in [3.8, 4) is 23.0 Å². The SMILES string of the molecule is Cn1nccc1-c1ncc(NC(=O)[C@H]2CCCN2Cc2nccc3c2OCO3)cn1. The average molecular weight is 407 g/mol. The molecule has 1 saturated heterocycles. The van der Waals surface area contributed by atoms with E-state index in [1.807, 2.05) is 13.1 Å². The molecule has 3 aromatic rings. The number of carbonyl (C=O) groups is 1.